The van der Waals surface area contributed by atoms with Crippen molar-refractivity contribution in [1.29, 1.82) is 0 Å². The lowest BCUT2D eigenvalue weighted by Gasteiger charge is -2.16. The van der Waals surface area contributed by atoms with Crippen LogP contribution in [-0.4, -0.2) is 11.6 Å². The Morgan fingerprint density at radius 3 is 0.602 bits per heavy atom. The molecular formula is C90H54O3. The van der Waals surface area contributed by atoms with Gasteiger partial charge in [0.1, 0.15) is 11.5 Å². The molecule has 0 bridgehead atoms. The number of carbonyl (C=O) groups excluding carboxylic acids is 2. The molecule has 0 spiro atoms. The molecule has 0 aliphatic heterocycles. The van der Waals surface area contributed by atoms with Crippen molar-refractivity contribution < 1.29 is 14.3 Å². The first-order chi connectivity index (χ1) is 45.9. The van der Waals surface area contributed by atoms with E-state index in [9.17, 15) is 0 Å². The van der Waals surface area contributed by atoms with Gasteiger partial charge in [0.15, 0.2) is 11.6 Å². The maximum Gasteiger partial charge on any atom is 0.195 e. The molecule has 3 heteroatoms. The lowest BCUT2D eigenvalue weighted by molar-refractivity contribution is -0.109. The molecule has 0 heterocycles. The highest BCUT2D eigenvalue weighted by Crippen LogP contribution is 2.52. The zero-order chi connectivity index (χ0) is 62.7. The minimum Gasteiger partial charge on any atom is -0.457 e. The fourth-order valence-corrected chi connectivity index (χ4v) is 11.9. The molecule has 2 aliphatic rings. The quantitative estimate of drug-likeness (QED) is 0.128. The Balaban J connectivity index is 0.868. The van der Waals surface area contributed by atoms with Crippen molar-refractivity contribution in [2.75, 3.05) is 0 Å². The first-order valence-electron chi connectivity index (χ1n) is 30.7. The Labute approximate surface area is 542 Å². The maximum atomic E-state index is 15.6. The minimum absolute atomic E-state index is 0.0829. The molecule has 0 fully saturated rings. The first kappa shape index (κ1) is 57.7. The van der Waals surface area contributed by atoms with Crippen LogP contribution < -0.4 is 4.74 Å². The number of carbonyl (C=O) groups is 2. The largest absolute Gasteiger partial charge is 0.457 e. The average molecular weight is 1180 g/mol. The Morgan fingerprint density at radius 2 is 0.366 bits per heavy atom. The van der Waals surface area contributed by atoms with E-state index >= 15 is 9.59 Å². The number of Topliss-reactive ketones (excluding diaryl/α,β-unsaturated/α-hetero) is 2. The Hall–Kier alpha value is -13.0. The van der Waals surface area contributed by atoms with Crippen LogP contribution in [0.3, 0.4) is 0 Å². The SMILES string of the molecule is O=C1C(c2ccccc2)=C(c2ccc(Oc3ccc(C4=C(c5ccccc5)C(=O)C(c5ccccc5)=C4c4cc(C#Cc5ccccc5)cc(C#Cc5ccccc5)c4)cc3)cc2)C(c2cc(C#Cc3ccccc3)cc(C#Cc3ccccc3)c2)=C1c1ccccc1. The monoisotopic (exact) mass is 1180 g/mol. The maximum absolute atomic E-state index is 15.6. The Morgan fingerprint density at radius 1 is 0.172 bits per heavy atom. The van der Waals surface area contributed by atoms with Gasteiger partial charge in [-0.3, -0.25) is 9.59 Å². The summed E-state index contributed by atoms with van der Waals surface area (Å²) in [4.78, 5) is 31.1. The minimum atomic E-state index is -0.0829. The van der Waals surface area contributed by atoms with E-state index in [0.29, 0.717) is 33.8 Å². The molecule has 12 aromatic carbocycles. The summed E-state index contributed by atoms with van der Waals surface area (Å²) in [6.07, 6.45) is 0. The summed E-state index contributed by atoms with van der Waals surface area (Å²) in [5.74, 6) is 28.2. The zero-order valence-electron chi connectivity index (χ0n) is 50.4. The van der Waals surface area contributed by atoms with Crippen molar-refractivity contribution in [3.63, 3.8) is 0 Å². The van der Waals surface area contributed by atoms with Crippen LogP contribution in [0.2, 0.25) is 0 Å². The molecule has 432 valence electrons. The summed E-state index contributed by atoms with van der Waals surface area (Å²) in [7, 11) is 0. The molecule has 0 atom stereocenters. The van der Waals surface area contributed by atoms with Gasteiger partial charge in [0.2, 0.25) is 0 Å². The summed E-state index contributed by atoms with van der Waals surface area (Å²) in [6.45, 7) is 0. The van der Waals surface area contributed by atoms with Crippen molar-refractivity contribution >= 4 is 56.2 Å². The summed E-state index contributed by atoms with van der Waals surface area (Å²) in [5, 5.41) is 0. The van der Waals surface area contributed by atoms with Gasteiger partial charge in [0.05, 0.1) is 0 Å². The zero-order valence-corrected chi connectivity index (χ0v) is 50.4. The van der Waals surface area contributed by atoms with Crippen LogP contribution in [0.4, 0.5) is 0 Å². The van der Waals surface area contributed by atoms with Gasteiger partial charge in [0, 0.05) is 89.1 Å². The normalized spacial score (nSPS) is 12.5. The van der Waals surface area contributed by atoms with Crippen LogP contribution in [-0.2, 0) is 9.59 Å². The standard InChI is InChI=1S/C90H54O3/c91-89-85(71-33-17-5-18-34-71)81(83(87(89)73-37-21-7-22-38-73)77-59-67(45-41-63-25-9-1-10-26-63)57-68(60-77)46-42-64-27-11-2-12-28-64)75-49-53-79(54-50-75)93-80-55-51-76(52-56-80)82-84(88(74-39-23-8-24-40-74)90(92)86(82)72-35-19-6-20-36-72)78-61-69(47-43-65-29-13-3-14-30-65)58-70(62-78)48-44-66-31-15-4-16-32-66/h1-40,49-62H. The Bertz CT molecular complexity index is 4740. The molecule has 14 rings (SSSR count). The molecule has 0 saturated carbocycles. The highest BCUT2D eigenvalue weighted by Gasteiger charge is 2.37. The van der Waals surface area contributed by atoms with E-state index < -0.39 is 0 Å². The third-order valence-electron chi connectivity index (χ3n) is 16.1. The molecule has 0 aromatic heterocycles. The van der Waals surface area contributed by atoms with Gasteiger partial charge in [-0.15, -0.1) is 0 Å². The molecule has 0 unspecified atom stereocenters. The van der Waals surface area contributed by atoms with E-state index in [-0.39, 0.29) is 11.6 Å². The summed E-state index contributed by atoms with van der Waals surface area (Å²) >= 11 is 0. The molecule has 0 amide bonds. The topological polar surface area (TPSA) is 43.4 Å². The van der Waals surface area contributed by atoms with Crippen LogP contribution in [0.1, 0.15) is 89.0 Å². The van der Waals surface area contributed by atoms with Crippen molar-refractivity contribution in [2.24, 2.45) is 0 Å². The van der Waals surface area contributed by atoms with Crippen LogP contribution in [0.5, 0.6) is 11.5 Å². The summed E-state index contributed by atoms with van der Waals surface area (Å²) in [5.41, 5.74) is 18.6. The molecule has 2 aliphatic carbocycles. The highest BCUT2D eigenvalue weighted by molar-refractivity contribution is 6.60. The van der Waals surface area contributed by atoms with Crippen LogP contribution in [0.15, 0.2) is 328 Å². The van der Waals surface area contributed by atoms with Crippen molar-refractivity contribution in [3.05, 3.63) is 417 Å². The van der Waals surface area contributed by atoms with Gasteiger partial charge in [-0.2, -0.15) is 0 Å². The van der Waals surface area contributed by atoms with Gasteiger partial charge in [0.25, 0.3) is 0 Å². The number of allylic oxidation sites excluding steroid dienone is 8. The number of benzene rings is 12. The van der Waals surface area contributed by atoms with Crippen molar-refractivity contribution in [1.82, 2.24) is 0 Å². The predicted molar refractivity (Wildman–Crippen MR) is 379 cm³/mol. The summed E-state index contributed by atoms with van der Waals surface area (Å²) < 4.78 is 6.75. The van der Waals surface area contributed by atoms with E-state index in [1.807, 2.05) is 303 Å². The molecule has 0 radical (unpaired) electrons. The number of hydrogen-bond acceptors (Lipinski definition) is 3. The smallest absolute Gasteiger partial charge is 0.195 e. The van der Waals surface area contributed by atoms with E-state index in [0.717, 1.165) is 111 Å². The molecular weight excluding hydrogens is 1130 g/mol. The van der Waals surface area contributed by atoms with Gasteiger partial charge in [-0.05, 0) is 154 Å². The third-order valence-corrected chi connectivity index (χ3v) is 16.1. The van der Waals surface area contributed by atoms with Gasteiger partial charge in [-0.1, -0.05) is 266 Å². The van der Waals surface area contributed by atoms with Gasteiger partial charge < -0.3 is 4.74 Å². The van der Waals surface area contributed by atoms with E-state index in [1.54, 1.807) is 0 Å². The molecule has 12 aromatic rings. The number of hydrogen-bond donors (Lipinski definition) is 0. The van der Waals surface area contributed by atoms with Gasteiger partial charge in [-0.25, -0.2) is 0 Å². The predicted octanol–water partition coefficient (Wildman–Crippen LogP) is 19.3. The van der Waals surface area contributed by atoms with Crippen LogP contribution in [0, 0.1) is 47.4 Å². The van der Waals surface area contributed by atoms with Crippen LogP contribution >= 0.6 is 0 Å². The number of rotatable bonds is 10. The van der Waals surface area contributed by atoms with E-state index in [1.165, 1.54) is 0 Å². The molecule has 3 nitrogen and oxygen atoms in total. The number of ketones is 2. The lowest BCUT2D eigenvalue weighted by atomic mass is 9.87. The molecule has 93 heavy (non-hydrogen) atoms. The second-order valence-electron chi connectivity index (χ2n) is 22.3. The van der Waals surface area contributed by atoms with E-state index in [4.69, 9.17) is 4.74 Å². The fourth-order valence-electron chi connectivity index (χ4n) is 11.9. The molecule has 0 N–H and O–H groups in total. The number of ether oxygens (including phenoxy) is 1. The third kappa shape index (κ3) is 12.8. The fraction of sp³-hybridized carbons (Fsp3) is 0. The average Bonchev–Trinajstić information content (AvgIpc) is 1.61. The second kappa shape index (κ2) is 26.8. The van der Waals surface area contributed by atoms with Crippen molar-refractivity contribution in [3.8, 4) is 58.9 Å². The lowest BCUT2D eigenvalue weighted by Crippen LogP contribution is -2.02. The first-order valence-corrected chi connectivity index (χ1v) is 30.7. The van der Waals surface area contributed by atoms with E-state index in [2.05, 4.69) is 71.6 Å². The van der Waals surface area contributed by atoms with Crippen LogP contribution in [0.25, 0.3) is 44.6 Å². The second-order valence-corrected chi connectivity index (χ2v) is 22.3. The van der Waals surface area contributed by atoms with Crippen molar-refractivity contribution in [2.45, 2.75) is 0 Å². The highest BCUT2D eigenvalue weighted by atomic mass is 16.5. The van der Waals surface area contributed by atoms with Gasteiger partial charge >= 0.3 is 0 Å². The Kier molecular flexibility index (Phi) is 16.6. The molecule has 0 saturated heterocycles. The summed E-state index contributed by atoms with van der Waals surface area (Å²) in [6, 6.07) is 108.